The first-order valence-corrected chi connectivity index (χ1v) is 7.24. The number of guanidine groups is 1. The van der Waals surface area contributed by atoms with E-state index in [0.717, 1.165) is 11.3 Å². The number of benzene rings is 1. The topological polar surface area (TPSA) is 95.0 Å². The molecule has 7 nitrogen and oxygen atoms in total. The summed E-state index contributed by atoms with van der Waals surface area (Å²) >= 11 is 0. The minimum Gasteiger partial charge on any atom is -0.381 e. The van der Waals surface area contributed by atoms with Gasteiger partial charge in [0.2, 0.25) is 11.9 Å². The fourth-order valence-corrected chi connectivity index (χ4v) is 2.50. The zero-order valence-electron chi connectivity index (χ0n) is 12.9. The van der Waals surface area contributed by atoms with Crippen LogP contribution in [0.1, 0.15) is 17.3 Å². The molecule has 0 saturated carbocycles. The van der Waals surface area contributed by atoms with Crippen molar-refractivity contribution in [2.24, 2.45) is 15.9 Å². The monoisotopic (exact) mass is 311 g/mol. The van der Waals surface area contributed by atoms with Crippen LogP contribution in [0.25, 0.3) is 0 Å². The SMILES string of the molecule is CN=C1NC(=O)C2C(CNc3ccc(C(C)=O)cc3)=CN=C2N1. The van der Waals surface area contributed by atoms with Gasteiger partial charge in [0.1, 0.15) is 11.8 Å². The smallest absolute Gasteiger partial charge is 0.241 e. The van der Waals surface area contributed by atoms with E-state index in [1.165, 1.54) is 6.92 Å². The maximum Gasteiger partial charge on any atom is 0.241 e. The van der Waals surface area contributed by atoms with Crippen LogP contribution in [0.4, 0.5) is 5.69 Å². The number of hydrogen-bond donors (Lipinski definition) is 3. The van der Waals surface area contributed by atoms with E-state index < -0.39 is 5.92 Å². The second kappa shape index (κ2) is 6.04. The van der Waals surface area contributed by atoms with Crippen molar-refractivity contribution in [3.63, 3.8) is 0 Å². The van der Waals surface area contributed by atoms with Crippen molar-refractivity contribution in [2.45, 2.75) is 6.92 Å². The Morgan fingerprint density at radius 2 is 2.04 bits per heavy atom. The highest BCUT2D eigenvalue weighted by atomic mass is 16.2. The van der Waals surface area contributed by atoms with E-state index >= 15 is 0 Å². The average molecular weight is 311 g/mol. The molecule has 2 aliphatic rings. The highest BCUT2D eigenvalue weighted by Crippen LogP contribution is 2.22. The number of carbonyl (C=O) groups excluding carboxylic acids is 2. The Hall–Kier alpha value is -2.96. The number of carbonyl (C=O) groups is 2. The third kappa shape index (κ3) is 2.98. The van der Waals surface area contributed by atoms with Crippen molar-refractivity contribution in [3.05, 3.63) is 41.6 Å². The summed E-state index contributed by atoms with van der Waals surface area (Å²) < 4.78 is 0. The number of rotatable bonds is 4. The second-order valence-electron chi connectivity index (χ2n) is 5.32. The Kier molecular flexibility index (Phi) is 3.92. The molecule has 2 aliphatic heterocycles. The van der Waals surface area contributed by atoms with Crippen LogP contribution in [0.5, 0.6) is 0 Å². The van der Waals surface area contributed by atoms with E-state index in [9.17, 15) is 9.59 Å². The van der Waals surface area contributed by atoms with Crippen molar-refractivity contribution < 1.29 is 9.59 Å². The zero-order valence-corrected chi connectivity index (χ0v) is 12.9. The van der Waals surface area contributed by atoms with E-state index in [2.05, 4.69) is 25.9 Å². The molecule has 0 radical (unpaired) electrons. The largest absolute Gasteiger partial charge is 0.381 e. The standard InChI is InChI=1S/C16H17N5O2/c1-9(22)10-3-5-12(6-4-10)18-7-11-8-19-14-13(11)15(23)21-16(17-2)20-14/h3-6,8,13,18H,7H2,1-2H3,(H2,17,19,20,21,23). The van der Waals surface area contributed by atoms with Crippen LogP contribution < -0.4 is 16.0 Å². The van der Waals surface area contributed by atoms with Gasteiger partial charge >= 0.3 is 0 Å². The van der Waals surface area contributed by atoms with Crippen molar-refractivity contribution >= 4 is 29.2 Å². The summed E-state index contributed by atoms with van der Waals surface area (Å²) in [6.45, 7) is 2.03. The van der Waals surface area contributed by atoms with Gasteiger partial charge in [0.15, 0.2) is 5.78 Å². The van der Waals surface area contributed by atoms with Crippen molar-refractivity contribution in [1.82, 2.24) is 10.6 Å². The predicted molar refractivity (Wildman–Crippen MR) is 88.6 cm³/mol. The first-order chi connectivity index (χ1) is 11.1. The Morgan fingerprint density at radius 1 is 1.30 bits per heavy atom. The first-order valence-electron chi connectivity index (χ1n) is 7.24. The number of amides is 1. The number of fused-ring (bicyclic) bond motifs is 1. The minimum atomic E-state index is -0.413. The number of nitrogens with zero attached hydrogens (tertiary/aromatic N) is 2. The number of amidine groups is 1. The van der Waals surface area contributed by atoms with Gasteiger partial charge in [-0.3, -0.25) is 19.9 Å². The number of ketones is 1. The van der Waals surface area contributed by atoms with Gasteiger partial charge in [-0.25, -0.2) is 4.99 Å². The van der Waals surface area contributed by atoms with Crippen LogP contribution >= 0.6 is 0 Å². The molecule has 118 valence electrons. The van der Waals surface area contributed by atoms with Gasteiger partial charge in [-0.2, -0.15) is 0 Å². The maximum absolute atomic E-state index is 12.2. The van der Waals surface area contributed by atoms with Crippen LogP contribution in [0.2, 0.25) is 0 Å². The van der Waals surface area contributed by atoms with E-state index in [1.807, 2.05) is 12.1 Å². The second-order valence-corrected chi connectivity index (χ2v) is 5.32. The summed E-state index contributed by atoms with van der Waals surface area (Å²) in [5, 5.41) is 8.93. The molecule has 1 aromatic carbocycles. The quantitative estimate of drug-likeness (QED) is 0.721. The Bertz CT molecular complexity index is 746. The van der Waals surface area contributed by atoms with E-state index in [0.29, 0.717) is 23.9 Å². The van der Waals surface area contributed by atoms with Gasteiger partial charge in [0, 0.05) is 31.0 Å². The Balaban J connectivity index is 1.64. The summed E-state index contributed by atoms with van der Waals surface area (Å²) in [5.41, 5.74) is 2.42. The summed E-state index contributed by atoms with van der Waals surface area (Å²) in [5.74, 6) is 0.488. The van der Waals surface area contributed by atoms with Gasteiger partial charge in [0.25, 0.3) is 0 Å². The molecule has 1 amide bonds. The lowest BCUT2D eigenvalue weighted by Gasteiger charge is -2.24. The molecule has 2 heterocycles. The Labute approximate surface area is 133 Å². The fourth-order valence-electron chi connectivity index (χ4n) is 2.50. The van der Waals surface area contributed by atoms with E-state index in [1.54, 1.807) is 25.4 Å². The van der Waals surface area contributed by atoms with Crippen molar-refractivity contribution in [2.75, 3.05) is 18.9 Å². The zero-order chi connectivity index (χ0) is 16.4. The fraction of sp³-hybridized carbons (Fsp3) is 0.250. The summed E-state index contributed by atoms with van der Waals surface area (Å²) in [6.07, 6.45) is 1.70. The molecule has 1 atom stereocenters. The molecular formula is C16H17N5O2. The molecule has 1 unspecified atom stereocenters. The van der Waals surface area contributed by atoms with Crippen LogP contribution in [0, 0.1) is 5.92 Å². The molecular weight excluding hydrogens is 294 g/mol. The number of anilines is 1. The predicted octanol–water partition coefficient (Wildman–Crippen LogP) is 0.918. The van der Waals surface area contributed by atoms with Gasteiger partial charge in [-0.1, -0.05) is 0 Å². The number of hydrogen-bond acceptors (Lipinski definition) is 5. The first kappa shape index (κ1) is 15.0. The molecule has 0 bridgehead atoms. The molecule has 1 saturated heterocycles. The molecule has 0 spiro atoms. The average Bonchev–Trinajstić information content (AvgIpc) is 2.96. The van der Waals surface area contributed by atoms with Gasteiger partial charge < -0.3 is 10.6 Å². The maximum atomic E-state index is 12.2. The lowest BCUT2D eigenvalue weighted by molar-refractivity contribution is -0.121. The number of Topliss-reactive ketones (excluding diaryl/α,β-unsaturated/α-hetero) is 1. The van der Waals surface area contributed by atoms with Crippen LogP contribution in [-0.4, -0.2) is 37.1 Å². The van der Waals surface area contributed by atoms with Crippen LogP contribution in [0.15, 0.2) is 46.0 Å². The van der Waals surface area contributed by atoms with Gasteiger partial charge in [-0.15, -0.1) is 0 Å². The van der Waals surface area contributed by atoms with Crippen molar-refractivity contribution in [3.8, 4) is 0 Å². The molecule has 3 N–H and O–H groups in total. The molecule has 7 heteroatoms. The normalized spacial score (nSPS) is 21.0. The molecule has 23 heavy (non-hydrogen) atoms. The third-order valence-electron chi connectivity index (χ3n) is 3.78. The highest BCUT2D eigenvalue weighted by molar-refractivity contribution is 6.21. The number of aliphatic imine (C=N–C) groups is 2. The summed E-state index contributed by atoms with van der Waals surface area (Å²) in [4.78, 5) is 31.6. The van der Waals surface area contributed by atoms with E-state index in [-0.39, 0.29) is 11.7 Å². The lowest BCUT2D eigenvalue weighted by atomic mass is 9.97. The molecule has 0 aliphatic carbocycles. The molecule has 1 fully saturated rings. The van der Waals surface area contributed by atoms with Gasteiger partial charge in [-0.05, 0) is 36.8 Å². The Morgan fingerprint density at radius 3 is 2.70 bits per heavy atom. The minimum absolute atomic E-state index is 0.0337. The highest BCUT2D eigenvalue weighted by Gasteiger charge is 2.36. The molecule has 1 aromatic rings. The van der Waals surface area contributed by atoms with Crippen LogP contribution in [0.3, 0.4) is 0 Å². The lowest BCUT2D eigenvalue weighted by Crippen LogP contribution is -2.56. The van der Waals surface area contributed by atoms with Crippen LogP contribution in [-0.2, 0) is 4.79 Å². The molecule has 0 aromatic heterocycles. The van der Waals surface area contributed by atoms with Gasteiger partial charge in [0.05, 0.1) is 0 Å². The summed E-state index contributed by atoms with van der Waals surface area (Å²) in [7, 11) is 1.60. The molecule has 3 rings (SSSR count). The summed E-state index contributed by atoms with van der Waals surface area (Å²) in [6, 6.07) is 7.23. The third-order valence-corrected chi connectivity index (χ3v) is 3.78. The van der Waals surface area contributed by atoms with E-state index in [4.69, 9.17) is 0 Å². The number of nitrogens with one attached hydrogen (secondary N) is 3. The van der Waals surface area contributed by atoms with Crippen molar-refractivity contribution in [1.29, 1.82) is 0 Å².